The van der Waals surface area contributed by atoms with Crippen LogP contribution in [-0.4, -0.2) is 4.57 Å². The molecule has 0 radical (unpaired) electrons. The number of rotatable bonds is 6. The van der Waals surface area contributed by atoms with Gasteiger partial charge in [0.05, 0.1) is 23.4 Å². The minimum atomic E-state index is -0.487. The maximum Gasteiger partial charge on any atom is 0.0652 e. The van der Waals surface area contributed by atoms with E-state index in [-0.39, 0.29) is 74.5 Å². The fourth-order valence-corrected chi connectivity index (χ4v) is 7.11. The van der Waals surface area contributed by atoms with E-state index in [9.17, 15) is 8.22 Å². The van der Waals surface area contributed by atoms with E-state index in [0.717, 1.165) is 33.0 Å². The van der Waals surface area contributed by atoms with E-state index < -0.39 is 18.1 Å². The zero-order valence-corrected chi connectivity index (χ0v) is 27.8. The molecule has 2 heteroatoms. The van der Waals surface area contributed by atoms with Gasteiger partial charge in [0.1, 0.15) is 0 Å². The minimum Gasteiger partial charge on any atom is -0.310 e. The molecule has 0 saturated heterocycles. The van der Waals surface area contributed by atoms with Gasteiger partial charge in [-0.1, -0.05) is 145 Å². The van der Waals surface area contributed by atoms with Gasteiger partial charge >= 0.3 is 0 Å². The summed E-state index contributed by atoms with van der Waals surface area (Å²) in [4.78, 5) is 1.76. The van der Waals surface area contributed by atoms with Gasteiger partial charge in [0.15, 0.2) is 0 Å². The lowest BCUT2D eigenvalue weighted by Crippen LogP contribution is -2.09. The highest BCUT2D eigenvalue weighted by Gasteiger charge is 2.18. The molecule has 0 unspecified atom stereocenters. The Hall–Kier alpha value is -6.90. The molecule has 0 aliphatic rings. The van der Waals surface area contributed by atoms with Crippen molar-refractivity contribution in [2.24, 2.45) is 0 Å². The Morgan fingerprint density at radius 1 is 0.404 bits per heavy atom. The van der Waals surface area contributed by atoms with Crippen molar-refractivity contribution in [3.05, 3.63) is 206 Å². The second-order valence-corrected chi connectivity index (χ2v) is 12.7. The van der Waals surface area contributed by atoms with Gasteiger partial charge in [-0.15, -0.1) is 0 Å². The van der Waals surface area contributed by atoms with Crippen molar-refractivity contribution < 1.29 is 12.3 Å². The molecule has 0 aliphatic heterocycles. The van der Waals surface area contributed by atoms with Crippen LogP contribution in [0.5, 0.6) is 0 Å². The Kier molecular flexibility index (Phi) is 5.28. The van der Waals surface area contributed by atoms with Gasteiger partial charge in [0.25, 0.3) is 0 Å². The average Bonchev–Trinajstić information content (AvgIpc) is 3.66. The first-order valence-corrected chi connectivity index (χ1v) is 17.1. The van der Waals surface area contributed by atoms with E-state index in [4.69, 9.17) is 4.11 Å². The predicted molar refractivity (Wildman–Crippen MR) is 221 cm³/mol. The number of nitrogens with zero attached hydrogens (tertiary/aromatic N) is 2. The molecule has 52 heavy (non-hydrogen) atoms. The molecule has 9 aromatic carbocycles. The van der Waals surface area contributed by atoms with E-state index in [1.54, 1.807) is 9.47 Å². The smallest absolute Gasteiger partial charge is 0.0652 e. The Morgan fingerprint density at radius 2 is 1.02 bits per heavy atom. The van der Waals surface area contributed by atoms with Crippen LogP contribution in [0.15, 0.2) is 206 Å². The number of hydrogen-bond acceptors (Lipinski definition) is 1. The molecule has 0 atom stereocenters. The Balaban J connectivity index is 1.29. The van der Waals surface area contributed by atoms with Gasteiger partial charge in [-0.25, -0.2) is 0 Å². The molecule has 0 N–H and O–H groups in total. The molecule has 2 nitrogen and oxygen atoms in total. The van der Waals surface area contributed by atoms with Crippen LogP contribution in [0.1, 0.15) is 12.3 Å². The number of anilines is 3. The van der Waals surface area contributed by atoms with Gasteiger partial charge in [-0.05, 0) is 99.0 Å². The summed E-state index contributed by atoms with van der Waals surface area (Å²) in [6, 6.07) is 45.5. The second kappa shape index (κ2) is 12.5. The molecule has 0 amide bonds. The van der Waals surface area contributed by atoms with Crippen molar-refractivity contribution in [2.75, 3.05) is 4.90 Å². The SMILES string of the molecule is [2H]c1c(N(c2ccccc2)c2ccc(-c3ccc4ccccc4c3)cc2)c([2H])c2c(c1[2H])c([2H])c([2H])c1c3c([2H])c([2H])c([2H])c([2H])c3n(-c3ccc(-c4ccccc4)cc3)c21. The van der Waals surface area contributed by atoms with E-state index in [1.807, 2.05) is 121 Å². The summed E-state index contributed by atoms with van der Waals surface area (Å²) in [6.07, 6.45) is 0. The number of para-hydroxylation sites is 2. The largest absolute Gasteiger partial charge is 0.310 e. The zero-order valence-electron chi connectivity index (χ0n) is 36.8. The lowest BCUT2D eigenvalue weighted by Gasteiger charge is -2.26. The molecular weight excluding hydrogens is 629 g/mol. The first-order chi connectivity index (χ1) is 29.5. The molecule has 244 valence electrons. The summed E-state index contributed by atoms with van der Waals surface area (Å²) >= 11 is 0. The maximum absolute atomic E-state index is 10.1. The summed E-state index contributed by atoms with van der Waals surface area (Å²) in [5.74, 6) is 0. The number of fused-ring (bicyclic) bond motifs is 6. The molecule has 1 aromatic heterocycles. The van der Waals surface area contributed by atoms with Crippen LogP contribution in [0, 0.1) is 0 Å². The third-order valence-electron chi connectivity index (χ3n) is 9.63. The molecule has 10 rings (SSSR count). The normalized spacial score (nSPS) is 13.9. The fourth-order valence-electron chi connectivity index (χ4n) is 7.11. The van der Waals surface area contributed by atoms with Gasteiger partial charge in [-0.3, -0.25) is 0 Å². The van der Waals surface area contributed by atoms with Gasteiger partial charge in [0.2, 0.25) is 0 Å². The average molecular weight is 672 g/mol. The van der Waals surface area contributed by atoms with E-state index in [2.05, 4.69) is 30.3 Å². The standard InChI is InChI=1S/C50H34N2/c1-3-11-35(12-4-1)37-21-29-44(30-22-37)52-49-18-10-9-17-46(49)47-32-26-39-25-31-45(34-48(39)50(47)52)51(42-15-5-2-6-16-42)43-27-23-38(24-28-43)41-20-19-36-13-7-8-14-40(36)33-41/h1-34H/i9D,10D,17D,18D,25D,26D,31D,32D,34D. The van der Waals surface area contributed by atoms with Gasteiger partial charge in [-0.2, -0.15) is 0 Å². The van der Waals surface area contributed by atoms with E-state index in [1.165, 1.54) is 0 Å². The second-order valence-electron chi connectivity index (χ2n) is 12.7. The van der Waals surface area contributed by atoms with Crippen LogP contribution in [0.3, 0.4) is 0 Å². The van der Waals surface area contributed by atoms with Crippen LogP contribution in [-0.2, 0) is 0 Å². The predicted octanol–water partition coefficient (Wildman–Crippen LogP) is 13.9. The summed E-state index contributed by atoms with van der Waals surface area (Å²) in [5, 5.41) is 2.35. The van der Waals surface area contributed by atoms with Crippen molar-refractivity contribution >= 4 is 60.4 Å². The summed E-state index contributed by atoms with van der Waals surface area (Å²) in [7, 11) is 0. The summed E-state index contributed by atoms with van der Waals surface area (Å²) in [6.45, 7) is 0. The van der Waals surface area contributed by atoms with E-state index in [0.29, 0.717) is 17.1 Å². The van der Waals surface area contributed by atoms with Crippen molar-refractivity contribution in [1.82, 2.24) is 4.57 Å². The van der Waals surface area contributed by atoms with Crippen LogP contribution < -0.4 is 4.90 Å². The molecule has 0 saturated carbocycles. The molecule has 0 aliphatic carbocycles. The molecule has 1 heterocycles. The third-order valence-corrected chi connectivity index (χ3v) is 9.63. The molecule has 0 fully saturated rings. The van der Waals surface area contributed by atoms with Crippen molar-refractivity contribution in [3.8, 4) is 27.9 Å². The molecule has 0 spiro atoms. The molecular formula is C50H34N2. The Labute approximate surface area is 315 Å². The van der Waals surface area contributed by atoms with Crippen molar-refractivity contribution in [1.29, 1.82) is 0 Å². The minimum absolute atomic E-state index is 0.0418. The van der Waals surface area contributed by atoms with Gasteiger partial charge < -0.3 is 9.47 Å². The first-order valence-electron chi connectivity index (χ1n) is 21.6. The monoisotopic (exact) mass is 671 g/mol. The van der Waals surface area contributed by atoms with Crippen LogP contribution in [0.4, 0.5) is 17.1 Å². The van der Waals surface area contributed by atoms with E-state index >= 15 is 0 Å². The maximum atomic E-state index is 10.1. The van der Waals surface area contributed by atoms with Gasteiger partial charge in [0, 0.05) is 38.9 Å². The molecule has 10 aromatic rings. The van der Waals surface area contributed by atoms with Crippen LogP contribution in [0.2, 0.25) is 0 Å². The third kappa shape index (κ3) is 5.12. The zero-order chi connectivity index (χ0) is 42.3. The quantitative estimate of drug-likeness (QED) is 0.171. The highest BCUT2D eigenvalue weighted by molar-refractivity contribution is 6.19. The number of hydrogen-bond donors (Lipinski definition) is 0. The highest BCUT2D eigenvalue weighted by atomic mass is 15.1. The Morgan fingerprint density at radius 3 is 1.83 bits per heavy atom. The van der Waals surface area contributed by atoms with Crippen molar-refractivity contribution in [2.45, 2.75) is 0 Å². The number of benzene rings is 9. The lowest BCUT2D eigenvalue weighted by atomic mass is 10.0. The fraction of sp³-hybridized carbons (Fsp3) is 0. The highest BCUT2D eigenvalue weighted by Crippen LogP contribution is 2.41. The van der Waals surface area contributed by atoms with Crippen LogP contribution in [0.25, 0.3) is 71.3 Å². The number of aromatic nitrogens is 1. The first kappa shape index (κ1) is 22.0. The topological polar surface area (TPSA) is 8.17 Å². The lowest BCUT2D eigenvalue weighted by molar-refractivity contribution is 1.19. The van der Waals surface area contributed by atoms with Crippen molar-refractivity contribution in [3.63, 3.8) is 0 Å². The summed E-state index contributed by atoms with van der Waals surface area (Å²) in [5.41, 5.74) is 5.94. The molecule has 0 bridgehead atoms. The van der Waals surface area contributed by atoms with Crippen LogP contribution >= 0.6 is 0 Å². The Bertz CT molecular complexity index is 3390. The summed E-state index contributed by atoms with van der Waals surface area (Å²) < 4.78 is 85.1.